The molecule has 1 N–H and O–H groups in total. The second-order valence-corrected chi connectivity index (χ2v) is 7.24. The molecule has 124 valence electrons. The number of hydrogen-bond donors (Lipinski definition) is 1. The fourth-order valence-corrected chi connectivity index (χ4v) is 3.90. The Bertz CT molecular complexity index is 675. The van der Waals surface area contributed by atoms with Crippen molar-refractivity contribution >= 4 is 0 Å². The van der Waals surface area contributed by atoms with E-state index in [9.17, 15) is 0 Å². The lowest BCUT2D eigenvalue weighted by atomic mass is 9.95. The van der Waals surface area contributed by atoms with Crippen LogP contribution < -0.4 is 5.32 Å². The minimum atomic E-state index is 0.715. The van der Waals surface area contributed by atoms with Gasteiger partial charge in [-0.25, -0.2) is 0 Å². The lowest BCUT2D eigenvalue weighted by molar-refractivity contribution is 0.372. The summed E-state index contributed by atoms with van der Waals surface area (Å²) >= 11 is 0. The summed E-state index contributed by atoms with van der Waals surface area (Å²) in [5.41, 5.74) is 8.12. The highest BCUT2D eigenvalue weighted by Gasteiger charge is 2.16. The highest BCUT2D eigenvalue weighted by molar-refractivity contribution is 5.48. The van der Waals surface area contributed by atoms with E-state index in [1.807, 2.05) is 0 Å². The third kappa shape index (κ3) is 3.53. The zero-order chi connectivity index (χ0) is 16.4. The lowest BCUT2D eigenvalue weighted by Crippen LogP contribution is -2.30. The molecular formula is C21H30N2. The van der Waals surface area contributed by atoms with Gasteiger partial charge in [-0.05, 0) is 69.4 Å². The fraction of sp³-hybridized carbons (Fsp3) is 0.524. The lowest BCUT2D eigenvalue weighted by Gasteiger charge is -2.23. The molecule has 3 rings (SSSR count). The van der Waals surface area contributed by atoms with E-state index < -0.39 is 0 Å². The monoisotopic (exact) mass is 310 g/mol. The van der Waals surface area contributed by atoms with Gasteiger partial charge in [0, 0.05) is 29.7 Å². The van der Waals surface area contributed by atoms with E-state index in [1.54, 1.807) is 0 Å². The highest BCUT2D eigenvalue weighted by Crippen LogP contribution is 2.25. The van der Waals surface area contributed by atoms with Crippen molar-refractivity contribution in [3.63, 3.8) is 0 Å². The molecule has 2 heteroatoms. The van der Waals surface area contributed by atoms with Crippen LogP contribution in [0.5, 0.6) is 0 Å². The first kappa shape index (κ1) is 16.3. The zero-order valence-electron chi connectivity index (χ0n) is 15.1. The first-order chi connectivity index (χ1) is 11.1. The number of nitrogens with one attached hydrogen (secondary N) is 1. The van der Waals surface area contributed by atoms with Crippen LogP contribution in [0.3, 0.4) is 0 Å². The van der Waals surface area contributed by atoms with Crippen LogP contribution in [0.25, 0.3) is 5.69 Å². The van der Waals surface area contributed by atoms with Crippen molar-refractivity contribution in [3.8, 4) is 5.69 Å². The largest absolute Gasteiger partial charge is 0.318 e. The van der Waals surface area contributed by atoms with Gasteiger partial charge in [0.05, 0.1) is 0 Å². The summed E-state index contributed by atoms with van der Waals surface area (Å²) < 4.78 is 2.42. The molecule has 1 saturated carbocycles. The van der Waals surface area contributed by atoms with Crippen LogP contribution in [0.4, 0.5) is 0 Å². The van der Waals surface area contributed by atoms with Crippen molar-refractivity contribution < 1.29 is 0 Å². The van der Waals surface area contributed by atoms with E-state index in [-0.39, 0.29) is 0 Å². The summed E-state index contributed by atoms with van der Waals surface area (Å²) in [4.78, 5) is 0. The predicted octanol–water partition coefficient (Wildman–Crippen LogP) is 5.13. The van der Waals surface area contributed by atoms with Gasteiger partial charge < -0.3 is 9.88 Å². The molecular weight excluding hydrogens is 280 g/mol. The standard InChI is InChI=1S/C21H30N2/c1-15-10-11-16(2)21(12-15)23-17(3)13-19(18(23)4)14-22-20-8-6-5-7-9-20/h10-13,20,22H,5-9,14H2,1-4H3. The van der Waals surface area contributed by atoms with Crippen LogP contribution in [0, 0.1) is 27.7 Å². The molecule has 0 bridgehead atoms. The Hall–Kier alpha value is -1.54. The topological polar surface area (TPSA) is 17.0 Å². The Morgan fingerprint density at radius 1 is 1.00 bits per heavy atom. The van der Waals surface area contributed by atoms with Crippen LogP contribution in [0.2, 0.25) is 0 Å². The van der Waals surface area contributed by atoms with Gasteiger partial charge in [-0.15, -0.1) is 0 Å². The minimum Gasteiger partial charge on any atom is -0.318 e. The van der Waals surface area contributed by atoms with E-state index in [2.05, 4.69) is 61.8 Å². The Labute approximate surface area is 140 Å². The second kappa shape index (κ2) is 6.92. The van der Waals surface area contributed by atoms with E-state index in [1.165, 1.54) is 65.9 Å². The van der Waals surface area contributed by atoms with Crippen molar-refractivity contribution in [1.29, 1.82) is 0 Å². The molecule has 23 heavy (non-hydrogen) atoms. The second-order valence-electron chi connectivity index (χ2n) is 7.24. The smallest absolute Gasteiger partial charge is 0.0486 e. The molecule has 1 fully saturated rings. The maximum absolute atomic E-state index is 3.78. The molecule has 0 radical (unpaired) electrons. The molecule has 2 aromatic rings. The van der Waals surface area contributed by atoms with Crippen molar-refractivity contribution in [2.24, 2.45) is 0 Å². The number of rotatable bonds is 4. The Morgan fingerprint density at radius 2 is 1.74 bits per heavy atom. The van der Waals surface area contributed by atoms with Gasteiger partial charge in [-0.2, -0.15) is 0 Å². The molecule has 0 aliphatic heterocycles. The number of benzene rings is 1. The maximum atomic E-state index is 3.78. The van der Waals surface area contributed by atoms with Crippen molar-refractivity contribution in [2.45, 2.75) is 72.4 Å². The normalized spacial score (nSPS) is 16.0. The molecule has 0 atom stereocenters. The van der Waals surface area contributed by atoms with E-state index in [0.29, 0.717) is 6.04 Å². The van der Waals surface area contributed by atoms with Gasteiger partial charge in [0.15, 0.2) is 0 Å². The van der Waals surface area contributed by atoms with Gasteiger partial charge in [0.2, 0.25) is 0 Å². The first-order valence-electron chi connectivity index (χ1n) is 9.05. The number of aromatic nitrogens is 1. The van der Waals surface area contributed by atoms with Crippen molar-refractivity contribution in [2.75, 3.05) is 0 Å². The molecule has 0 unspecified atom stereocenters. The van der Waals surface area contributed by atoms with Gasteiger partial charge in [0.1, 0.15) is 0 Å². The van der Waals surface area contributed by atoms with E-state index in [4.69, 9.17) is 0 Å². The summed E-state index contributed by atoms with van der Waals surface area (Å²) in [7, 11) is 0. The molecule has 0 spiro atoms. The van der Waals surface area contributed by atoms with Gasteiger partial charge >= 0.3 is 0 Å². The van der Waals surface area contributed by atoms with Crippen LogP contribution >= 0.6 is 0 Å². The minimum absolute atomic E-state index is 0.715. The van der Waals surface area contributed by atoms with Crippen LogP contribution in [0.1, 0.15) is 60.2 Å². The fourth-order valence-electron chi connectivity index (χ4n) is 3.90. The predicted molar refractivity (Wildman–Crippen MR) is 98.4 cm³/mol. The van der Waals surface area contributed by atoms with Crippen molar-refractivity contribution in [3.05, 3.63) is 52.3 Å². The number of hydrogen-bond acceptors (Lipinski definition) is 1. The number of aryl methyl sites for hydroxylation is 3. The average Bonchev–Trinajstić information content (AvgIpc) is 2.83. The van der Waals surface area contributed by atoms with Crippen molar-refractivity contribution in [1.82, 2.24) is 9.88 Å². The SMILES string of the molecule is Cc1ccc(C)c(-n2c(C)cc(CNC3CCCCC3)c2C)c1. The first-order valence-corrected chi connectivity index (χ1v) is 9.05. The summed E-state index contributed by atoms with van der Waals surface area (Å²) in [6.45, 7) is 9.84. The van der Waals surface area contributed by atoms with Gasteiger partial charge in [-0.3, -0.25) is 0 Å². The Morgan fingerprint density at radius 3 is 2.48 bits per heavy atom. The van der Waals surface area contributed by atoms with Crippen LogP contribution in [-0.2, 0) is 6.54 Å². The highest BCUT2D eigenvalue weighted by atomic mass is 15.0. The number of nitrogens with zero attached hydrogens (tertiary/aromatic N) is 1. The van der Waals surface area contributed by atoms with Gasteiger partial charge in [0.25, 0.3) is 0 Å². The molecule has 0 saturated heterocycles. The molecule has 1 aromatic carbocycles. The van der Waals surface area contributed by atoms with Gasteiger partial charge in [-0.1, -0.05) is 31.4 Å². The molecule has 0 amide bonds. The quantitative estimate of drug-likeness (QED) is 0.828. The maximum Gasteiger partial charge on any atom is 0.0486 e. The molecule has 1 aliphatic rings. The Kier molecular flexibility index (Phi) is 4.91. The Balaban J connectivity index is 1.83. The zero-order valence-corrected chi connectivity index (χ0v) is 15.1. The van der Waals surface area contributed by atoms with E-state index in [0.717, 1.165) is 6.54 Å². The molecule has 2 nitrogen and oxygen atoms in total. The summed E-state index contributed by atoms with van der Waals surface area (Å²) in [5.74, 6) is 0. The molecule has 1 aliphatic carbocycles. The van der Waals surface area contributed by atoms with E-state index >= 15 is 0 Å². The average molecular weight is 310 g/mol. The summed E-state index contributed by atoms with van der Waals surface area (Å²) in [6, 6.07) is 9.79. The third-order valence-electron chi connectivity index (χ3n) is 5.33. The summed E-state index contributed by atoms with van der Waals surface area (Å²) in [5, 5.41) is 3.78. The molecule has 1 aromatic heterocycles. The molecule has 1 heterocycles. The third-order valence-corrected chi connectivity index (χ3v) is 5.33. The van der Waals surface area contributed by atoms with Crippen LogP contribution in [0.15, 0.2) is 24.3 Å². The van der Waals surface area contributed by atoms with Crippen LogP contribution in [-0.4, -0.2) is 10.6 Å². The summed E-state index contributed by atoms with van der Waals surface area (Å²) in [6.07, 6.45) is 6.88.